The van der Waals surface area contributed by atoms with Crippen LogP contribution in [0.1, 0.15) is 47.3 Å². The van der Waals surface area contributed by atoms with Crippen LogP contribution in [-0.4, -0.2) is 41.2 Å². The van der Waals surface area contributed by atoms with Gasteiger partial charge in [0.05, 0.1) is 22.7 Å². The van der Waals surface area contributed by atoms with E-state index < -0.39 is 11.9 Å². The molecule has 2 aliphatic rings. The number of aryl methyl sites for hydroxylation is 1. The highest BCUT2D eigenvalue weighted by Gasteiger charge is 2.30. The van der Waals surface area contributed by atoms with Crippen LogP contribution in [0.4, 0.5) is 5.82 Å². The van der Waals surface area contributed by atoms with Gasteiger partial charge in [-0.15, -0.1) is 0 Å². The van der Waals surface area contributed by atoms with E-state index in [0.29, 0.717) is 48.6 Å². The van der Waals surface area contributed by atoms with Crippen molar-refractivity contribution in [2.75, 3.05) is 18.0 Å². The molecule has 1 saturated carbocycles. The largest absolute Gasteiger partial charge is 0.481 e. The number of esters is 1. The zero-order valence-electron chi connectivity index (χ0n) is 13.5. The van der Waals surface area contributed by atoms with E-state index in [1.807, 2.05) is 4.90 Å². The van der Waals surface area contributed by atoms with Crippen molar-refractivity contribution >= 4 is 17.8 Å². The minimum Gasteiger partial charge on any atom is -0.481 e. The van der Waals surface area contributed by atoms with Crippen LogP contribution in [0.5, 0.6) is 0 Å². The van der Waals surface area contributed by atoms with Gasteiger partial charge >= 0.3 is 11.9 Å². The van der Waals surface area contributed by atoms with Crippen LogP contribution in [0.2, 0.25) is 0 Å². The summed E-state index contributed by atoms with van der Waals surface area (Å²) in [6, 6.07) is 3.62. The predicted molar refractivity (Wildman–Crippen MR) is 84.7 cm³/mol. The first kappa shape index (κ1) is 16.2. The summed E-state index contributed by atoms with van der Waals surface area (Å²) in [5, 5.41) is 18.5. The highest BCUT2D eigenvalue weighted by atomic mass is 16.5. The lowest BCUT2D eigenvalue weighted by Gasteiger charge is -2.31. The molecular weight excluding hydrogens is 310 g/mol. The zero-order chi connectivity index (χ0) is 17.3. The second kappa shape index (κ2) is 6.48. The number of pyridine rings is 1. The van der Waals surface area contributed by atoms with Crippen LogP contribution in [0, 0.1) is 24.2 Å². The van der Waals surface area contributed by atoms with Crippen molar-refractivity contribution in [3.05, 3.63) is 22.9 Å². The minimum atomic E-state index is -0.780. The average Bonchev–Trinajstić information content (AvgIpc) is 3.38. The molecule has 7 nitrogen and oxygen atoms in total. The van der Waals surface area contributed by atoms with Gasteiger partial charge in [-0.3, -0.25) is 4.79 Å². The summed E-state index contributed by atoms with van der Waals surface area (Å²) in [5.41, 5.74) is 1.16. The summed E-state index contributed by atoms with van der Waals surface area (Å²) < 4.78 is 5.29. The molecule has 7 heteroatoms. The number of ether oxygens (including phenoxy) is 1. The molecule has 0 unspecified atom stereocenters. The molecule has 24 heavy (non-hydrogen) atoms. The van der Waals surface area contributed by atoms with Crippen LogP contribution in [0.25, 0.3) is 0 Å². The molecular formula is C17H19N3O4. The molecule has 0 bridgehead atoms. The number of aromatic nitrogens is 1. The molecule has 126 valence electrons. The molecule has 2 fully saturated rings. The predicted octanol–water partition coefficient (Wildman–Crippen LogP) is 1.88. The number of hydrogen-bond acceptors (Lipinski definition) is 6. The lowest BCUT2D eigenvalue weighted by atomic mass is 9.96. The topological polar surface area (TPSA) is 104 Å². The Labute approximate surface area is 139 Å². The number of aliphatic carboxylic acids is 1. The highest BCUT2D eigenvalue weighted by molar-refractivity contribution is 5.91. The van der Waals surface area contributed by atoms with E-state index in [0.717, 1.165) is 12.8 Å². The monoisotopic (exact) mass is 329 g/mol. The molecule has 0 spiro atoms. The van der Waals surface area contributed by atoms with E-state index >= 15 is 0 Å². The van der Waals surface area contributed by atoms with E-state index in [1.54, 1.807) is 6.92 Å². The lowest BCUT2D eigenvalue weighted by molar-refractivity contribution is -0.142. The molecule has 1 aromatic heterocycles. The van der Waals surface area contributed by atoms with Gasteiger partial charge in [-0.1, -0.05) is 0 Å². The van der Waals surface area contributed by atoms with Crippen molar-refractivity contribution < 1.29 is 19.4 Å². The Morgan fingerprint density at radius 3 is 2.54 bits per heavy atom. The molecule has 3 rings (SSSR count). The maximum absolute atomic E-state index is 12.1. The molecule has 0 atom stereocenters. The fourth-order valence-corrected chi connectivity index (χ4v) is 2.86. The first-order valence-corrected chi connectivity index (χ1v) is 8.10. The second-order valence-electron chi connectivity index (χ2n) is 6.31. The molecule has 0 radical (unpaired) electrons. The van der Waals surface area contributed by atoms with Crippen LogP contribution < -0.4 is 4.90 Å². The maximum atomic E-state index is 12.1. The SMILES string of the molecule is Cc1nc(N2CCC(C(=O)O)CC2)c(C#N)cc1C(=O)OC1CC1. The quantitative estimate of drug-likeness (QED) is 0.841. The number of nitrogens with zero attached hydrogens (tertiary/aromatic N) is 3. The van der Waals surface area contributed by atoms with Gasteiger partial charge in [0.25, 0.3) is 0 Å². The second-order valence-corrected chi connectivity index (χ2v) is 6.31. The number of carboxylic acid groups (broad SMARTS) is 1. The Kier molecular flexibility index (Phi) is 4.38. The molecule has 0 amide bonds. The van der Waals surface area contributed by atoms with Crippen LogP contribution in [0.3, 0.4) is 0 Å². The highest BCUT2D eigenvalue weighted by Crippen LogP contribution is 2.28. The van der Waals surface area contributed by atoms with Gasteiger partial charge in [-0.25, -0.2) is 9.78 Å². The number of anilines is 1. The van der Waals surface area contributed by atoms with E-state index in [4.69, 9.17) is 9.84 Å². The first-order chi connectivity index (χ1) is 11.5. The maximum Gasteiger partial charge on any atom is 0.340 e. The average molecular weight is 329 g/mol. The fourth-order valence-electron chi connectivity index (χ4n) is 2.86. The van der Waals surface area contributed by atoms with Crippen molar-refractivity contribution in [3.8, 4) is 6.07 Å². The van der Waals surface area contributed by atoms with Gasteiger partial charge < -0.3 is 14.7 Å². The lowest BCUT2D eigenvalue weighted by Crippen LogP contribution is -2.37. The van der Waals surface area contributed by atoms with Crippen molar-refractivity contribution in [2.24, 2.45) is 5.92 Å². The summed E-state index contributed by atoms with van der Waals surface area (Å²) in [6.45, 7) is 2.78. The number of nitriles is 1. The van der Waals surface area contributed by atoms with Crippen molar-refractivity contribution in [3.63, 3.8) is 0 Å². The minimum absolute atomic E-state index is 0.00263. The van der Waals surface area contributed by atoms with E-state index in [1.165, 1.54) is 6.07 Å². The first-order valence-electron chi connectivity index (χ1n) is 8.10. The molecule has 0 aromatic carbocycles. The molecule has 1 N–H and O–H groups in total. The van der Waals surface area contributed by atoms with Crippen molar-refractivity contribution in [2.45, 2.75) is 38.7 Å². The van der Waals surface area contributed by atoms with Crippen molar-refractivity contribution in [1.29, 1.82) is 5.26 Å². The van der Waals surface area contributed by atoms with E-state index in [9.17, 15) is 14.9 Å². The summed E-state index contributed by atoms with van der Waals surface area (Å²) in [4.78, 5) is 29.5. The van der Waals surface area contributed by atoms with Gasteiger partial charge in [-0.2, -0.15) is 5.26 Å². The molecule has 1 aromatic rings. The Hall–Kier alpha value is -2.62. The smallest absolute Gasteiger partial charge is 0.340 e. The van der Waals surface area contributed by atoms with Crippen LogP contribution in [0.15, 0.2) is 6.07 Å². The number of piperidine rings is 1. The number of carboxylic acids is 1. The third-order valence-electron chi connectivity index (χ3n) is 4.48. The Balaban J connectivity index is 1.81. The van der Waals surface area contributed by atoms with E-state index in [-0.39, 0.29) is 12.0 Å². The Morgan fingerprint density at radius 1 is 1.33 bits per heavy atom. The summed E-state index contributed by atoms with van der Waals surface area (Å²) >= 11 is 0. The molecule has 1 aliphatic carbocycles. The van der Waals surface area contributed by atoms with Gasteiger partial charge in [0.1, 0.15) is 18.0 Å². The van der Waals surface area contributed by atoms with Gasteiger partial charge in [-0.05, 0) is 38.7 Å². The molecule has 1 aliphatic heterocycles. The zero-order valence-corrected chi connectivity index (χ0v) is 13.5. The third kappa shape index (κ3) is 3.32. The number of carbonyl (C=O) groups excluding carboxylic acids is 1. The Morgan fingerprint density at radius 2 is 2.00 bits per heavy atom. The van der Waals surface area contributed by atoms with E-state index in [2.05, 4.69) is 11.1 Å². The third-order valence-corrected chi connectivity index (χ3v) is 4.48. The van der Waals surface area contributed by atoms with Gasteiger partial charge in [0.15, 0.2) is 0 Å². The van der Waals surface area contributed by atoms with Crippen molar-refractivity contribution in [1.82, 2.24) is 4.98 Å². The molecule has 2 heterocycles. The van der Waals surface area contributed by atoms with Crippen LogP contribution in [-0.2, 0) is 9.53 Å². The number of hydrogen-bond donors (Lipinski definition) is 1. The summed E-state index contributed by atoms with van der Waals surface area (Å²) in [6.07, 6.45) is 2.82. The number of carbonyl (C=O) groups is 2. The summed E-state index contributed by atoms with van der Waals surface area (Å²) in [7, 11) is 0. The number of rotatable bonds is 4. The van der Waals surface area contributed by atoms with Gasteiger partial charge in [0.2, 0.25) is 0 Å². The Bertz CT molecular complexity index is 713. The normalized spacial score (nSPS) is 18.1. The molecule has 1 saturated heterocycles. The summed E-state index contributed by atoms with van der Waals surface area (Å²) in [5.74, 6) is -1.05. The fraction of sp³-hybridized carbons (Fsp3) is 0.529. The van der Waals surface area contributed by atoms with Gasteiger partial charge in [0, 0.05) is 13.1 Å². The van der Waals surface area contributed by atoms with Crippen LogP contribution >= 0.6 is 0 Å². The standard InChI is InChI=1S/C17H19N3O4/c1-10-14(17(23)24-13-2-3-13)8-12(9-18)15(19-10)20-6-4-11(5-7-20)16(21)22/h8,11,13H,2-7H2,1H3,(H,21,22).